The van der Waals surface area contributed by atoms with Crippen LogP contribution < -0.4 is 32.7 Å². The van der Waals surface area contributed by atoms with E-state index in [1.54, 1.807) is 0 Å². The van der Waals surface area contributed by atoms with Crippen molar-refractivity contribution in [3.05, 3.63) is 0 Å². The lowest BCUT2D eigenvalue weighted by Crippen LogP contribution is -2.48. The molecule has 3 rings (SSSR count). The molecule has 116 valence electrons. The van der Waals surface area contributed by atoms with Gasteiger partial charge in [0.15, 0.2) is 0 Å². The molecule has 1 aliphatic rings. The van der Waals surface area contributed by atoms with Gasteiger partial charge in [0.05, 0.1) is 0 Å². The first-order valence-electron chi connectivity index (χ1n) is 6.55. The topological polar surface area (TPSA) is 188 Å². The van der Waals surface area contributed by atoms with E-state index in [0.29, 0.717) is 38.1 Å². The number of piperazine rings is 1. The van der Waals surface area contributed by atoms with Crippen LogP contribution in [0.5, 0.6) is 0 Å². The highest BCUT2D eigenvalue weighted by Gasteiger charge is 2.22. The van der Waals surface area contributed by atoms with Crippen molar-refractivity contribution >= 4 is 35.7 Å². The second-order valence-electron chi connectivity index (χ2n) is 4.68. The Morgan fingerprint density at radius 3 is 1.05 bits per heavy atom. The third kappa shape index (κ3) is 2.79. The first kappa shape index (κ1) is 13.8. The van der Waals surface area contributed by atoms with Gasteiger partial charge in [-0.15, -0.1) is 0 Å². The SMILES string of the molecule is Nc1nc(N)nc(N2CCN(c3nc(N)nc(N)n3)CC2)n1. The number of nitrogens with zero attached hydrogens (tertiary/aromatic N) is 8. The van der Waals surface area contributed by atoms with Crippen LogP contribution in [0.3, 0.4) is 0 Å². The van der Waals surface area contributed by atoms with Gasteiger partial charge in [0.25, 0.3) is 0 Å². The van der Waals surface area contributed by atoms with Crippen molar-refractivity contribution in [2.24, 2.45) is 0 Å². The van der Waals surface area contributed by atoms with E-state index in [0.717, 1.165) is 0 Å². The maximum absolute atomic E-state index is 5.58. The lowest BCUT2D eigenvalue weighted by molar-refractivity contribution is 0.627. The van der Waals surface area contributed by atoms with E-state index in [1.807, 2.05) is 9.80 Å². The number of nitrogens with two attached hydrogens (primary N) is 4. The van der Waals surface area contributed by atoms with Crippen molar-refractivity contribution in [3.8, 4) is 0 Å². The smallest absolute Gasteiger partial charge is 0.232 e. The molecule has 12 nitrogen and oxygen atoms in total. The third-order valence-electron chi connectivity index (χ3n) is 3.16. The molecule has 0 aromatic carbocycles. The fourth-order valence-corrected chi connectivity index (χ4v) is 2.18. The van der Waals surface area contributed by atoms with Crippen LogP contribution in [0.15, 0.2) is 0 Å². The predicted molar refractivity (Wildman–Crippen MR) is 81.7 cm³/mol. The van der Waals surface area contributed by atoms with Gasteiger partial charge in [0.1, 0.15) is 0 Å². The Bertz CT molecular complexity index is 580. The van der Waals surface area contributed by atoms with E-state index >= 15 is 0 Å². The van der Waals surface area contributed by atoms with E-state index in [1.165, 1.54) is 0 Å². The fraction of sp³-hybridized carbons (Fsp3) is 0.400. The highest BCUT2D eigenvalue weighted by molar-refractivity contribution is 5.44. The zero-order valence-electron chi connectivity index (χ0n) is 11.7. The van der Waals surface area contributed by atoms with Crippen LogP contribution in [0.25, 0.3) is 0 Å². The molecule has 1 fully saturated rings. The van der Waals surface area contributed by atoms with Crippen LogP contribution in [0, 0.1) is 0 Å². The number of hydrogen-bond donors (Lipinski definition) is 4. The van der Waals surface area contributed by atoms with Crippen molar-refractivity contribution in [2.75, 3.05) is 58.9 Å². The van der Waals surface area contributed by atoms with Gasteiger partial charge in [0, 0.05) is 26.2 Å². The highest BCUT2D eigenvalue weighted by atomic mass is 15.4. The number of aromatic nitrogens is 6. The summed E-state index contributed by atoms with van der Waals surface area (Å²) in [5.41, 5.74) is 22.3. The van der Waals surface area contributed by atoms with Crippen molar-refractivity contribution in [2.45, 2.75) is 0 Å². The number of hydrogen-bond acceptors (Lipinski definition) is 12. The van der Waals surface area contributed by atoms with Crippen molar-refractivity contribution < 1.29 is 0 Å². The maximum atomic E-state index is 5.58. The Hall–Kier alpha value is -3.18. The lowest BCUT2D eigenvalue weighted by Gasteiger charge is -2.34. The molecule has 22 heavy (non-hydrogen) atoms. The van der Waals surface area contributed by atoms with Gasteiger partial charge in [-0.3, -0.25) is 0 Å². The Balaban J connectivity index is 1.72. The van der Waals surface area contributed by atoms with Crippen molar-refractivity contribution in [1.29, 1.82) is 0 Å². The Morgan fingerprint density at radius 2 is 0.773 bits per heavy atom. The molecule has 8 N–H and O–H groups in total. The van der Waals surface area contributed by atoms with E-state index in [9.17, 15) is 0 Å². The van der Waals surface area contributed by atoms with Crippen LogP contribution in [-0.2, 0) is 0 Å². The lowest BCUT2D eigenvalue weighted by atomic mass is 10.3. The summed E-state index contributed by atoms with van der Waals surface area (Å²) in [6, 6.07) is 0. The van der Waals surface area contributed by atoms with Gasteiger partial charge in [-0.1, -0.05) is 0 Å². The molecule has 0 saturated carbocycles. The molecule has 1 saturated heterocycles. The molecule has 0 unspecified atom stereocenters. The molecule has 3 heterocycles. The molecule has 0 atom stereocenters. The summed E-state index contributed by atoms with van der Waals surface area (Å²) in [4.78, 5) is 27.8. The standard InChI is InChI=1S/C10H16N12/c11-5-15-6(12)18-9(17-5)21-1-2-22(4-3-21)10-19-7(13)16-8(14)20-10/h1-4H2,(H4,11,12,15,17,18)(H4,13,14,16,19,20). The van der Waals surface area contributed by atoms with Crippen LogP contribution in [0.2, 0.25) is 0 Å². The summed E-state index contributed by atoms with van der Waals surface area (Å²) in [7, 11) is 0. The molecule has 2 aromatic rings. The summed E-state index contributed by atoms with van der Waals surface area (Å²) in [6.45, 7) is 2.59. The maximum Gasteiger partial charge on any atom is 0.232 e. The van der Waals surface area contributed by atoms with Gasteiger partial charge in [0.2, 0.25) is 35.7 Å². The minimum absolute atomic E-state index is 0.0999. The molecule has 1 aliphatic heterocycles. The summed E-state index contributed by atoms with van der Waals surface area (Å²) in [5, 5.41) is 0. The van der Waals surface area contributed by atoms with E-state index in [2.05, 4.69) is 29.9 Å². The van der Waals surface area contributed by atoms with Gasteiger partial charge in [-0.2, -0.15) is 29.9 Å². The van der Waals surface area contributed by atoms with Crippen LogP contribution >= 0.6 is 0 Å². The molecule has 0 radical (unpaired) electrons. The minimum atomic E-state index is 0.0999. The zero-order valence-corrected chi connectivity index (χ0v) is 11.7. The van der Waals surface area contributed by atoms with Crippen molar-refractivity contribution in [1.82, 2.24) is 29.9 Å². The van der Waals surface area contributed by atoms with E-state index in [4.69, 9.17) is 22.9 Å². The predicted octanol–water partition coefficient (Wildman–Crippen LogP) is -2.29. The molecule has 0 amide bonds. The van der Waals surface area contributed by atoms with Gasteiger partial charge in [-0.05, 0) is 0 Å². The molecular weight excluding hydrogens is 288 g/mol. The van der Waals surface area contributed by atoms with Gasteiger partial charge in [-0.25, -0.2) is 0 Å². The number of rotatable bonds is 2. The molecule has 0 aliphatic carbocycles. The van der Waals surface area contributed by atoms with Crippen LogP contribution in [0.4, 0.5) is 35.7 Å². The minimum Gasteiger partial charge on any atom is -0.368 e. The average Bonchev–Trinajstić information content (AvgIpc) is 2.45. The Morgan fingerprint density at radius 1 is 0.500 bits per heavy atom. The average molecular weight is 304 g/mol. The van der Waals surface area contributed by atoms with Crippen LogP contribution in [-0.4, -0.2) is 56.1 Å². The monoisotopic (exact) mass is 304 g/mol. The van der Waals surface area contributed by atoms with Gasteiger partial charge >= 0.3 is 0 Å². The second-order valence-corrected chi connectivity index (χ2v) is 4.68. The highest BCUT2D eigenvalue weighted by Crippen LogP contribution is 2.17. The Kier molecular flexibility index (Phi) is 3.33. The van der Waals surface area contributed by atoms with E-state index in [-0.39, 0.29) is 23.8 Å². The summed E-state index contributed by atoms with van der Waals surface area (Å²) < 4.78 is 0. The van der Waals surface area contributed by atoms with Crippen molar-refractivity contribution in [3.63, 3.8) is 0 Å². The summed E-state index contributed by atoms with van der Waals surface area (Å²) in [6.07, 6.45) is 0. The van der Waals surface area contributed by atoms with Gasteiger partial charge < -0.3 is 32.7 Å². The molecular formula is C10H16N12. The second kappa shape index (κ2) is 5.31. The summed E-state index contributed by atoms with van der Waals surface area (Å²) >= 11 is 0. The molecule has 2 aromatic heterocycles. The van der Waals surface area contributed by atoms with Crippen LogP contribution in [0.1, 0.15) is 0 Å². The van der Waals surface area contributed by atoms with E-state index < -0.39 is 0 Å². The fourth-order valence-electron chi connectivity index (χ4n) is 2.18. The zero-order chi connectivity index (χ0) is 15.7. The Labute approximate surface area is 125 Å². The third-order valence-corrected chi connectivity index (χ3v) is 3.16. The summed E-state index contributed by atoms with van der Waals surface area (Å²) in [5.74, 6) is 1.32. The molecule has 12 heteroatoms. The quantitative estimate of drug-likeness (QED) is 0.465. The number of anilines is 6. The first-order chi connectivity index (χ1) is 10.5. The number of nitrogen functional groups attached to an aromatic ring is 4. The first-order valence-corrected chi connectivity index (χ1v) is 6.55. The molecule has 0 bridgehead atoms. The molecule has 0 spiro atoms. The largest absolute Gasteiger partial charge is 0.368 e. The normalized spacial score (nSPS) is 15.1.